The van der Waals surface area contributed by atoms with Gasteiger partial charge in [0.1, 0.15) is 5.75 Å². The van der Waals surface area contributed by atoms with Crippen LogP contribution >= 0.6 is 0 Å². The Morgan fingerprint density at radius 3 is 2.32 bits per heavy atom. The summed E-state index contributed by atoms with van der Waals surface area (Å²) in [5.41, 5.74) is 1.26. The van der Waals surface area contributed by atoms with Gasteiger partial charge in [-0.25, -0.2) is 8.42 Å². The third kappa shape index (κ3) is 4.61. The summed E-state index contributed by atoms with van der Waals surface area (Å²) < 4.78 is 30.7. The predicted molar refractivity (Wildman–Crippen MR) is 107 cm³/mol. The minimum atomic E-state index is -3.32. The molecular weight excluding hydrogens is 382 g/mol. The molecule has 8 nitrogen and oxygen atoms in total. The molecule has 0 spiro atoms. The van der Waals surface area contributed by atoms with Crippen molar-refractivity contribution in [2.45, 2.75) is 13.3 Å². The SMILES string of the molecule is CCOc1ccc(NC(=O)C(=O)Nc2cccc(N3CCCS3(=O)=O)c2)cc1. The van der Waals surface area contributed by atoms with Crippen LogP contribution in [0.2, 0.25) is 0 Å². The van der Waals surface area contributed by atoms with E-state index in [0.717, 1.165) is 0 Å². The van der Waals surface area contributed by atoms with E-state index in [1.54, 1.807) is 42.5 Å². The first-order valence-electron chi connectivity index (χ1n) is 8.85. The third-order valence-corrected chi connectivity index (χ3v) is 5.99. The van der Waals surface area contributed by atoms with Gasteiger partial charge in [-0.3, -0.25) is 13.9 Å². The Morgan fingerprint density at radius 2 is 1.71 bits per heavy atom. The molecule has 1 aliphatic rings. The maximum Gasteiger partial charge on any atom is 0.314 e. The standard InChI is InChI=1S/C19H21N3O5S/c1-2-27-17-9-7-14(8-10-17)20-18(23)19(24)21-15-5-3-6-16(13-15)22-11-4-12-28(22,25)26/h3,5-10,13H,2,4,11-12H2,1H3,(H,20,23)(H,21,24). The van der Waals surface area contributed by atoms with Gasteiger partial charge in [-0.15, -0.1) is 0 Å². The summed E-state index contributed by atoms with van der Waals surface area (Å²) in [6.07, 6.45) is 0.559. The number of ether oxygens (including phenoxy) is 1. The van der Waals surface area contributed by atoms with Crippen molar-refractivity contribution in [3.63, 3.8) is 0 Å². The van der Waals surface area contributed by atoms with Crippen LogP contribution in [0.1, 0.15) is 13.3 Å². The van der Waals surface area contributed by atoms with E-state index in [1.165, 1.54) is 10.4 Å². The lowest BCUT2D eigenvalue weighted by molar-refractivity contribution is -0.132. The minimum Gasteiger partial charge on any atom is -0.494 e. The fourth-order valence-corrected chi connectivity index (χ4v) is 4.40. The van der Waals surface area contributed by atoms with Gasteiger partial charge >= 0.3 is 11.8 Å². The molecule has 2 N–H and O–H groups in total. The van der Waals surface area contributed by atoms with E-state index in [-0.39, 0.29) is 5.75 Å². The summed E-state index contributed by atoms with van der Waals surface area (Å²) in [5, 5.41) is 4.99. The van der Waals surface area contributed by atoms with Crippen LogP contribution in [0, 0.1) is 0 Å². The van der Waals surface area contributed by atoms with Crippen molar-refractivity contribution in [2.75, 3.05) is 33.8 Å². The number of hydrogen-bond donors (Lipinski definition) is 2. The number of rotatable bonds is 5. The van der Waals surface area contributed by atoms with Gasteiger partial charge in [0.15, 0.2) is 0 Å². The lowest BCUT2D eigenvalue weighted by Gasteiger charge is -2.17. The van der Waals surface area contributed by atoms with E-state index >= 15 is 0 Å². The first kappa shape index (κ1) is 19.7. The number of carbonyl (C=O) groups is 2. The normalized spacial score (nSPS) is 15.1. The van der Waals surface area contributed by atoms with E-state index < -0.39 is 21.8 Å². The van der Waals surface area contributed by atoms with Crippen LogP contribution in [0.15, 0.2) is 48.5 Å². The second kappa shape index (κ2) is 8.30. The molecule has 2 amide bonds. The summed E-state index contributed by atoms with van der Waals surface area (Å²) in [6.45, 7) is 2.80. The molecule has 1 saturated heterocycles. The first-order valence-corrected chi connectivity index (χ1v) is 10.5. The van der Waals surface area contributed by atoms with Gasteiger partial charge in [0, 0.05) is 17.9 Å². The molecule has 0 aromatic heterocycles. The molecule has 0 aliphatic carbocycles. The van der Waals surface area contributed by atoms with E-state index in [0.29, 0.717) is 42.4 Å². The van der Waals surface area contributed by atoms with Crippen LogP contribution in [0.4, 0.5) is 17.1 Å². The zero-order valence-electron chi connectivity index (χ0n) is 15.3. The topological polar surface area (TPSA) is 105 Å². The van der Waals surface area contributed by atoms with Crippen molar-refractivity contribution in [3.8, 4) is 5.75 Å². The number of hydrogen-bond acceptors (Lipinski definition) is 5. The number of carbonyl (C=O) groups excluding carboxylic acids is 2. The Kier molecular flexibility index (Phi) is 5.84. The van der Waals surface area contributed by atoms with Crippen molar-refractivity contribution in [2.24, 2.45) is 0 Å². The van der Waals surface area contributed by atoms with Crippen LogP contribution < -0.4 is 19.7 Å². The van der Waals surface area contributed by atoms with Gasteiger partial charge in [0.05, 0.1) is 18.0 Å². The van der Waals surface area contributed by atoms with E-state index in [1.807, 2.05) is 6.92 Å². The Hall–Kier alpha value is -3.07. The highest BCUT2D eigenvalue weighted by atomic mass is 32.2. The van der Waals surface area contributed by atoms with Crippen LogP contribution in [-0.2, 0) is 19.6 Å². The van der Waals surface area contributed by atoms with Crippen LogP contribution in [0.25, 0.3) is 0 Å². The fraction of sp³-hybridized carbons (Fsp3) is 0.263. The molecule has 9 heteroatoms. The quantitative estimate of drug-likeness (QED) is 0.745. The number of anilines is 3. The van der Waals surface area contributed by atoms with Gasteiger partial charge in [-0.05, 0) is 55.8 Å². The molecule has 3 rings (SSSR count). The smallest absolute Gasteiger partial charge is 0.314 e. The summed E-state index contributed by atoms with van der Waals surface area (Å²) in [5.74, 6) is -0.911. The molecule has 1 heterocycles. The second-order valence-corrected chi connectivity index (χ2v) is 8.17. The molecule has 1 aliphatic heterocycles. The molecule has 28 heavy (non-hydrogen) atoms. The van der Waals surface area contributed by atoms with Crippen molar-refractivity contribution in [1.82, 2.24) is 0 Å². The summed E-state index contributed by atoms with van der Waals surface area (Å²) in [4.78, 5) is 24.3. The first-order chi connectivity index (χ1) is 13.4. The lowest BCUT2D eigenvalue weighted by Crippen LogP contribution is -2.29. The average molecular weight is 403 g/mol. The van der Waals surface area contributed by atoms with Crippen molar-refractivity contribution >= 4 is 38.9 Å². The Labute approximate surface area is 163 Å². The average Bonchev–Trinajstić information content (AvgIpc) is 3.03. The van der Waals surface area contributed by atoms with E-state index in [4.69, 9.17) is 4.74 Å². The monoisotopic (exact) mass is 403 g/mol. The molecule has 148 valence electrons. The zero-order valence-corrected chi connectivity index (χ0v) is 16.2. The highest BCUT2D eigenvalue weighted by molar-refractivity contribution is 7.93. The Bertz CT molecular complexity index is 973. The minimum absolute atomic E-state index is 0.105. The van der Waals surface area contributed by atoms with Crippen molar-refractivity contribution in [3.05, 3.63) is 48.5 Å². The summed E-state index contributed by atoms with van der Waals surface area (Å²) in [6, 6.07) is 13.1. The molecule has 2 aromatic carbocycles. The number of nitrogens with one attached hydrogen (secondary N) is 2. The van der Waals surface area contributed by atoms with Gasteiger partial charge in [0.25, 0.3) is 0 Å². The largest absolute Gasteiger partial charge is 0.494 e. The maximum atomic E-state index is 12.2. The third-order valence-electron chi connectivity index (χ3n) is 4.12. The summed E-state index contributed by atoms with van der Waals surface area (Å²) >= 11 is 0. The number of benzene rings is 2. The van der Waals surface area contributed by atoms with Gasteiger partial charge < -0.3 is 15.4 Å². The Balaban J connectivity index is 1.64. The van der Waals surface area contributed by atoms with Crippen molar-refractivity contribution in [1.29, 1.82) is 0 Å². The van der Waals surface area contributed by atoms with E-state index in [9.17, 15) is 18.0 Å². The number of nitrogens with zero attached hydrogens (tertiary/aromatic N) is 1. The highest BCUT2D eigenvalue weighted by Crippen LogP contribution is 2.26. The number of sulfonamides is 1. The van der Waals surface area contributed by atoms with E-state index in [2.05, 4.69) is 10.6 Å². The van der Waals surface area contributed by atoms with Gasteiger partial charge in [0.2, 0.25) is 10.0 Å². The zero-order chi connectivity index (χ0) is 20.1. The van der Waals surface area contributed by atoms with Crippen LogP contribution in [-0.4, -0.2) is 39.1 Å². The molecule has 0 bridgehead atoms. The molecule has 0 saturated carbocycles. The Morgan fingerprint density at radius 1 is 1.04 bits per heavy atom. The van der Waals surface area contributed by atoms with Crippen molar-refractivity contribution < 1.29 is 22.7 Å². The van der Waals surface area contributed by atoms with Crippen LogP contribution in [0.3, 0.4) is 0 Å². The lowest BCUT2D eigenvalue weighted by atomic mass is 10.2. The summed E-state index contributed by atoms with van der Waals surface area (Å²) in [7, 11) is -3.32. The highest BCUT2D eigenvalue weighted by Gasteiger charge is 2.28. The molecular formula is C19H21N3O5S. The van der Waals surface area contributed by atoms with Gasteiger partial charge in [-0.1, -0.05) is 6.07 Å². The molecule has 0 atom stereocenters. The fourth-order valence-electron chi connectivity index (χ4n) is 2.85. The predicted octanol–water partition coefficient (Wildman–Crippen LogP) is 2.20. The maximum absolute atomic E-state index is 12.2. The molecule has 2 aromatic rings. The number of amides is 2. The molecule has 0 radical (unpaired) electrons. The molecule has 0 unspecified atom stereocenters. The van der Waals surface area contributed by atoms with Gasteiger partial charge in [-0.2, -0.15) is 0 Å². The molecule has 1 fully saturated rings. The van der Waals surface area contributed by atoms with Crippen LogP contribution in [0.5, 0.6) is 5.75 Å². The second-order valence-electron chi connectivity index (χ2n) is 6.16.